The number of nitrogens with zero attached hydrogens (tertiary/aromatic N) is 3. The topological polar surface area (TPSA) is 75.3 Å². The average Bonchev–Trinajstić information content (AvgIpc) is 3.06. The molecule has 0 spiro atoms. The number of guanidine groups is 1. The molecule has 1 aromatic heterocycles. The maximum absolute atomic E-state index is 5.27. The van der Waals surface area contributed by atoms with Crippen molar-refractivity contribution < 1.29 is 4.52 Å². The summed E-state index contributed by atoms with van der Waals surface area (Å²) in [5.74, 6) is 2.06. The summed E-state index contributed by atoms with van der Waals surface area (Å²) in [5.41, 5.74) is -0.132. The average molecular weight is 291 g/mol. The van der Waals surface area contributed by atoms with Crippen LogP contribution in [0, 0.1) is 0 Å². The van der Waals surface area contributed by atoms with Crippen molar-refractivity contribution >= 4 is 5.96 Å². The molecule has 116 valence electrons. The van der Waals surface area contributed by atoms with Gasteiger partial charge in [-0.3, -0.25) is 0 Å². The van der Waals surface area contributed by atoms with E-state index in [1.807, 2.05) is 20.8 Å². The first-order valence-electron chi connectivity index (χ1n) is 7.52. The monoisotopic (exact) mass is 291 g/mol. The van der Waals surface area contributed by atoms with Crippen molar-refractivity contribution in [1.29, 1.82) is 0 Å². The van der Waals surface area contributed by atoms with Gasteiger partial charge in [-0.1, -0.05) is 38.1 Å². The molecular formula is C15H25N5O. The second kappa shape index (κ2) is 6.74. The lowest BCUT2D eigenvalue weighted by Gasteiger charge is -2.16. The molecule has 0 unspecified atom stereocenters. The van der Waals surface area contributed by atoms with Crippen LogP contribution in [0.2, 0.25) is 0 Å². The number of nitrogens with one attached hydrogen (secondary N) is 2. The van der Waals surface area contributed by atoms with Crippen molar-refractivity contribution in [2.75, 3.05) is 6.54 Å². The standard InChI is InChI=1S/C15H25N5O/c1-5-16-14(18-11-8-6-7-9-11)17-10-12-19-13(21-20-12)15(2,3)4/h6-7,11H,5,8-10H2,1-4H3,(H2,16,17,18). The van der Waals surface area contributed by atoms with Gasteiger partial charge < -0.3 is 15.2 Å². The van der Waals surface area contributed by atoms with Crippen molar-refractivity contribution in [3.8, 4) is 0 Å². The van der Waals surface area contributed by atoms with Crippen LogP contribution in [0.5, 0.6) is 0 Å². The molecule has 21 heavy (non-hydrogen) atoms. The summed E-state index contributed by atoms with van der Waals surface area (Å²) in [6, 6.07) is 0.429. The van der Waals surface area contributed by atoms with Gasteiger partial charge in [0.1, 0.15) is 6.54 Å². The molecular weight excluding hydrogens is 266 g/mol. The van der Waals surface area contributed by atoms with E-state index >= 15 is 0 Å². The third-order valence-electron chi connectivity index (χ3n) is 3.18. The Kier molecular flexibility index (Phi) is 4.98. The number of aromatic nitrogens is 2. The van der Waals surface area contributed by atoms with Crippen molar-refractivity contribution in [3.05, 3.63) is 23.9 Å². The van der Waals surface area contributed by atoms with E-state index in [-0.39, 0.29) is 5.41 Å². The van der Waals surface area contributed by atoms with Crippen LogP contribution in [0.4, 0.5) is 0 Å². The highest BCUT2D eigenvalue weighted by Gasteiger charge is 2.21. The number of rotatable bonds is 4. The third-order valence-corrected chi connectivity index (χ3v) is 3.18. The zero-order valence-corrected chi connectivity index (χ0v) is 13.3. The van der Waals surface area contributed by atoms with E-state index in [0.717, 1.165) is 25.3 Å². The van der Waals surface area contributed by atoms with Gasteiger partial charge in [0.05, 0.1) is 0 Å². The van der Waals surface area contributed by atoms with E-state index < -0.39 is 0 Å². The summed E-state index contributed by atoms with van der Waals surface area (Å²) in [7, 11) is 0. The Labute approximate surface area is 126 Å². The number of hydrogen-bond donors (Lipinski definition) is 2. The van der Waals surface area contributed by atoms with E-state index in [1.165, 1.54) is 0 Å². The fourth-order valence-electron chi connectivity index (χ4n) is 2.02. The minimum Gasteiger partial charge on any atom is -0.357 e. The Morgan fingerprint density at radius 3 is 2.67 bits per heavy atom. The molecule has 0 radical (unpaired) electrons. The normalized spacial score (nSPS) is 16.5. The molecule has 6 nitrogen and oxygen atoms in total. The Morgan fingerprint density at radius 1 is 1.38 bits per heavy atom. The van der Waals surface area contributed by atoms with Crippen LogP contribution in [0.25, 0.3) is 0 Å². The highest BCUT2D eigenvalue weighted by Crippen LogP contribution is 2.19. The second-order valence-electron chi connectivity index (χ2n) is 6.24. The van der Waals surface area contributed by atoms with E-state index in [0.29, 0.717) is 24.3 Å². The molecule has 1 aliphatic carbocycles. The zero-order chi connectivity index (χ0) is 15.3. The summed E-state index contributed by atoms with van der Waals surface area (Å²) < 4.78 is 5.27. The first-order chi connectivity index (χ1) is 9.99. The van der Waals surface area contributed by atoms with Gasteiger partial charge >= 0.3 is 0 Å². The molecule has 1 aliphatic rings. The lowest BCUT2D eigenvalue weighted by Crippen LogP contribution is -2.42. The molecule has 6 heteroatoms. The molecule has 0 bridgehead atoms. The molecule has 0 atom stereocenters. The molecule has 2 rings (SSSR count). The molecule has 0 fully saturated rings. The van der Waals surface area contributed by atoms with Crippen LogP contribution in [-0.4, -0.2) is 28.7 Å². The van der Waals surface area contributed by atoms with Crippen molar-refractivity contribution in [2.24, 2.45) is 4.99 Å². The van der Waals surface area contributed by atoms with Gasteiger partial charge in [0.25, 0.3) is 0 Å². The van der Waals surface area contributed by atoms with Crippen LogP contribution in [-0.2, 0) is 12.0 Å². The van der Waals surface area contributed by atoms with Gasteiger partial charge in [-0.25, -0.2) is 4.99 Å². The van der Waals surface area contributed by atoms with Gasteiger partial charge in [0.2, 0.25) is 5.89 Å². The van der Waals surface area contributed by atoms with Gasteiger partial charge in [-0.05, 0) is 19.8 Å². The predicted molar refractivity (Wildman–Crippen MR) is 83.1 cm³/mol. The van der Waals surface area contributed by atoms with Crippen LogP contribution >= 0.6 is 0 Å². The Balaban J connectivity index is 1.96. The fraction of sp³-hybridized carbons (Fsp3) is 0.667. The number of hydrogen-bond acceptors (Lipinski definition) is 4. The number of aliphatic imine (C=N–C) groups is 1. The minimum absolute atomic E-state index is 0.132. The molecule has 0 saturated heterocycles. The van der Waals surface area contributed by atoms with Crippen LogP contribution in [0.3, 0.4) is 0 Å². The highest BCUT2D eigenvalue weighted by molar-refractivity contribution is 5.80. The van der Waals surface area contributed by atoms with E-state index in [2.05, 4.69) is 44.8 Å². The molecule has 0 saturated carbocycles. The summed E-state index contributed by atoms with van der Waals surface area (Å²) in [6.45, 7) is 9.43. The molecule has 0 amide bonds. The first-order valence-corrected chi connectivity index (χ1v) is 7.52. The van der Waals surface area contributed by atoms with E-state index in [9.17, 15) is 0 Å². The highest BCUT2D eigenvalue weighted by atomic mass is 16.5. The van der Waals surface area contributed by atoms with Gasteiger partial charge in [0, 0.05) is 18.0 Å². The Bertz CT molecular complexity index is 504. The van der Waals surface area contributed by atoms with Crippen LogP contribution in [0.15, 0.2) is 21.7 Å². The van der Waals surface area contributed by atoms with E-state index in [1.54, 1.807) is 0 Å². The lowest BCUT2D eigenvalue weighted by atomic mass is 9.97. The maximum atomic E-state index is 5.27. The lowest BCUT2D eigenvalue weighted by molar-refractivity contribution is 0.318. The Hall–Kier alpha value is -1.85. The molecule has 0 aliphatic heterocycles. The van der Waals surface area contributed by atoms with Gasteiger partial charge in [-0.15, -0.1) is 0 Å². The summed E-state index contributed by atoms with van der Waals surface area (Å²) in [6.07, 6.45) is 6.47. The minimum atomic E-state index is -0.132. The zero-order valence-electron chi connectivity index (χ0n) is 13.3. The molecule has 0 aromatic carbocycles. The van der Waals surface area contributed by atoms with Crippen molar-refractivity contribution in [3.63, 3.8) is 0 Å². The van der Waals surface area contributed by atoms with E-state index in [4.69, 9.17) is 4.52 Å². The maximum Gasteiger partial charge on any atom is 0.232 e. The largest absolute Gasteiger partial charge is 0.357 e. The van der Waals surface area contributed by atoms with Crippen molar-refractivity contribution in [2.45, 2.75) is 58.5 Å². The van der Waals surface area contributed by atoms with Crippen molar-refractivity contribution in [1.82, 2.24) is 20.8 Å². The smallest absolute Gasteiger partial charge is 0.232 e. The summed E-state index contributed by atoms with van der Waals surface area (Å²) in [5, 5.41) is 10.6. The fourth-order valence-corrected chi connectivity index (χ4v) is 2.02. The van der Waals surface area contributed by atoms with Gasteiger partial charge in [-0.2, -0.15) is 4.98 Å². The SMILES string of the molecule is CCNC(=NCc1noc(C(C)(C)C)n1)NC1CC=CC1. The predicted octanol–water partition coefficient (Wildman–Crippen LogP) is 2.14. The Morgan fingerprint density at radius 2 is 2.10 bits per heavy atom. The molecule has 1 heterocycles. The summed E-state index contributed by atoms with van der Waals surface area (Å²) >= 11 is 0. The molecule has 1 aromatic rings. The summed E-state index contributed by atoms with van der Waals surface area (Å²) in [4.78, 5) is 8.92. The van der Waals surface area contributed by atoms with Crippen LogP contribution in [0.1, 0.15) is 52.3 Å². The second-order valence-corrected chi connectivity index (χ2v) is 6.24. The van der Waals surface area contributed by atoms with Crippen LogP contribution < -0.4 is 10.6 Å². The van der Waals surface area contributed by atoms with Gasteiger partial charge in [0.15, 0.2) is 11.8 Å². The molecule has 2 N–H and O–H groups in total. The third kappa shape index (κ3) is 4.58. The first kappa shape index (κ1) is 15.5. The quantitative estimate of drug-likeness (QED) is 0.505.